The Balaban J connectivity index is 2.86. The van der Waals surface area contributed by atoms with E-state index in [2.05, 4.69) is 5.32 Å². The average Bonchev–Trinajstić information content (AvgIpc) is 2.30. The van der Waals surface area contributed by atoms with Crippen molar-refractivity contribution in [3.63, 3.8) is 0 Å². The van der Waals surface area contributed by atoms with Gasteiger partial charge in [-0.25, -0.2) is 4.79 Å². The molecule has 1 N–H and O–H groups in total. The average molecular weight is 199 g/mol. The number of carbonyl (C=O) groups is 3. The van der Waals surface area contributed by atoms with Crippen LogP contribution in [-0.2, 0) is 9.59 Å². The minimum Gasteiger partial charge on any atom is -0.548 e. The fraction of sp³-hybridized carbons (Fsp3) is 0.625. The molecule has 1 saturated heterocycles. The number of aliphatic carboxylic acids is 1. The highest BCUT2D eigenvalue weighted by Crippen LogP contribution is 2.19. The van der Waals surface area contributed by atoms with Gasteiger partial charge in [0.05, 0.1) is 12.5 Å². The topological polar surface area (TPSA) is 89.5 Å². The quantitative estimate of drug-likeness (QED) is 0.557. The Morgan fingerprint density at radius 1 is 1.57 bits per heavy atom. The van der Waals surface area contributed by atoms with Crippen LogP contribution in [0.5, 0.6) is 0 Å². The van der Waals surface area contributed by atoms with Crippen molar-refractivity contribution in [3.8, 4) is 0 Å². The highest BCUT2D eigenvalue weighted by molar-refractivity contribution is 6.08. The van der Waals surface area contributed by atoms with Crippen LogP contribution in [0.15, 0.2) is 0 Å². The number of urea groups is 1. The molecule has 0 aromatic heterocycles. The van der Waals surface area contributed by atoms with E-state index >= 15 is 0 Å². The number of carbonyl (C=O) groups excluding carboxylic acids is 3. The lowest BCUT2D eigenvalue weighted by Gasteiger charge is -2.19. The Hall–Kier alpha value is -1.59. The molecule has 1 aliphatic heterocycles. The highest BCUT2D eigenvalue weighted by atomic mass is 16.4. The number of imide groups is 1. The Morgan fingerprint density at radius 3 is 2.50 bits per heavy atom. The van der Waals surface area contributed by atoms with Gasteiger partial charge in [-0.2, -0.15) is 0 Å². The van der Waals surface area contributed by atoms with E-state index in [1.807, 2.05) is 0 Å². The minimum absolute atomic E-state index is 0.418. The lowest BCUT2D eigenvalue weighted by atomic mass is 9.99. The van der Waals surface area contributed by atoms with E-state index in [4.69, 9.17) is 0 Å². The lowest BCUT2D eigenvalue weighted by molar-refractivity contribution is -0.305. The summed E-state index contributed by atoms with van der Waals surface area (Å²) in [7, 11) is 0. The summed E-state index contributed by atoms with van der Waals surface area (Å²) in [6, 6.07) is -0.677. The Kier molecular flexibility index (Phi) is 2.46. The number of carboxylic acids is 1. The van der Waals surface area contributed by atoms with E-state index in [9.17, 15) is 19.5 Å². The van der Waals surface area contributed by atoms with Gasteiger partial charge < -0.3 is 15.2 Å². The summed E-state index contributed by atoms with van der Waals surface area (Å²) in [5.41, 5.74) is -0.980. The largest absolute Gasteiger partial charge is 0.548 e. The fourth-order valence-electron chi connectivity index (χ4n) is 1.26. The highest BCUT2D eigenvalue weighted by Gasteiger charge is 2.46. The summed E-state index contributed by atoms with van der Waals surface area (Å²) < 4.78 is 0. The third kappa shape index (κ3) is 1.55. The molecule has 6 heteroatoms. The summed E-state index contributed by atoms with van der Waals surface area (Å²) in [5, 5.41) is 12.7. The van der Waals surface area contributed by atoms with E-state index < -0.39 is 30.0 Å². The molecule has 0 saturated carbocycles. The van der Waals surface area contributed by atoms with Gasteiger partial charge in [0, 0.05) is 0 Å². The molecule has 78 valence electrons. The van der Waals surface area contributed by atoms with Crippen molar-refractivity contribution in [1.82, 2.24) is 10.2 Å². The lowest BCUT2D eigenvalue weighted by Crippen LogP contribution is -2.45. The smallest absolute Gasteiger partial charge is 0.325 e. The summed E-state index contributed by atoms with van der Waals surface area (Å²) in [6.45, 7) is 2.60. The van der Waals surface area contributed by atoms with Gasteiger partial charge in [-0.3, -0.25) is 9.69 Å². The second-order valence-electron chi connectivity index (χ2n) is 3.38. The predicted molar refractivity (Wildman–Crippen MR) is 43.9 cm³/mol. The van der Waals surface area contributed by atoms with Gasteiger partial charge >= 0.3 is 6.03 Å². The molecule has 0 aliphatic carbocycles. The Labute approximate surface area is 80.9 Å². The molecule has 1 aliphatic rings. The molecular weight excluding hydrogens is 188 g/mol. The summed E-state index contributed by atoms with van der Waals surface area (Å²) >= 11 is 0. The monoisotopic (exact) mass is 199 g/mol. The molecule has 14 heavy (non-hydrogen) atoms. The molecule has 0 bridgehead atoms. The molecule has 0 unspecified atom stereocenters. The molecule has 1 rings (SSSR count). The normalized spacial score (nSPS) is 26.6. The molecule has 1 heterocycles. The van der Waals surface area contributed by atoms with Gasteiger partial charge in [0.25, 0.3) is 5.91 Å². The van der Waals surface area contributed by atoms with Crippen LogP contribution in [0.2, 0.25) is 0 Å². The summed E-state index contributed by atoms with van der Waals surface area (Å²) in [6.07, 6.45) is 0.418. The van der Waals surface area contributed by atoms with Crippen LogP contribution >= 0.6 is 0 Å². The molecule has 1 atom stereocenters. The molecule has 3 amide bonds. The number of hydrogen-bond donors (Lipinski definition) is 1. The first kappa shape index (κ1) is 10.5. The van der Waals surface area contributed by atoms with E-state index in [0.717, 1.165) is 0 Å². The van der Waals surface area contributed by atoms with Crippen LogP contribution in [-0.4, -0.2) is 34.9 Å². The van der Waals surface area contributed by atoms with Crippen LogP contribution in [0, 0.1) is 0 Å². The van der Waals surface area contributed by atoms with Crippen molar-refractivity contribution in [2.45, 2.75) is 25.8 Å². The van der Waals surface area contributed by atoms with Gasteiger partial charge in [0.15, 0.2) is 0 Å². The zero-order chi connectivity index (χ0) is 10.9. The van der Waals surface area contributed by atoms with Gasteiger partial charge in [-0.05, 0) is 13.3 Å². The van der Waals surface area contributed by atoms with E-state index in [-0.39, 0.29) is 0 Å². The molecule has 6 nitrogen and oxygen atoms in total. The summed E-state index contributed by atoms with van der Waals surface area (Å²) in [5.74, 6) is -1.97. The third-order valence-corrected chi connectivity index (χ3v) is 2.34. The zero-order valence-corrected chi connectivity index (χ0v) is 7.99. The number of rotatable bonds is 3. The number of amides is 3. The van der Waals surface area contributed by atoms with Crippen LogP contribution in [0.4, 0.5) is 4.79 Å². The first-order valence-electron chi connectivity index (χ1n) is 4.24. The van der Waals surface area contributed by atoms with Gasteiger partial charge in [0.2, 0.25) is 0 Å². The van der Waals surface area contributed by atoms with Gasteiger partial charge in [0.1, 0.15) is 5.54 Å². The summed E-state index contributed by atoms with van der Waals surface area (Å²) in [4.78, 5) is 33.7. The van der Waals surface area contributed by atoms with E-state index in [0.29, 0.717) is 11.3 Å². The predicted octanol–water partition coefficient (Wildman–Crippen LogP) is -1.54. The fourth-order valence-corrected chi connectivity index (χ4v) is 1.26. The standard InChI is InChI=1S/C8H12N2O4/c1-3-8(2)6(13)10(4-5(11)12)7(14)9-8/h3-4H2,1-2H3,(H,9,14)(H,11,12)/p-1/t8-/m1/s1. The van der Waals surface area contributed by atoms with Crippen LogP contribution in [0.25, 0.3) is 0 Å². The number of nitrogens with zero attached hydrogens (tertiary/aromatic N) is 1. The second-order valence-corrected chi connectivity index (χ2v) is 3.38. The van der Waals surface area contributed by atoms with Crippen molar-refractivity contribution < 1.29 is 19.5 Å². The Morgan fingerprint density at radius 2 is 2.14 bits per heavy atom. The van der Waals surface area contributed by atoms with Crippen molar-refractivity contribution in [2.24, 2.45) is 0 Å². The maximum Gasteiger partial charge on any atom is 0.325 e. The molecular formula is C8H11N2O4-. The number of hydrogen-bond acceptors (Lipinski definition) is 4. The third-order valence-electron chi connectivity index (χ3n) is 2.34. The second kappa shape index (κ2) is 3.28. The van der Waals surface area contributed by atoms with E-state index in [1.54, 1.807) is 13.8 Å². The molecule has 1 fully saturated rings. The minimum atomic E-state index is -1.45. The van der Waals surface area contributed by atoms with Crippen LogP contribution < -0.4 is 10.4 Å². The maximum absolute atomic E-state index is 11.6. The van der Waals surface area contributed by atoms with Crippen LogP contribution in [0.3, 0.4) is 0 Å². The first-order chi connectivity index (χ1) is 6.40. The van der Waals surface area contributed by atoms with Crippen molar-refractivity contribution in [1.29, 1.82) is 0 Å². The molecule has 0 spiro atoms. The molecule has 0 aromatic rings. The molecule has 0 aromatic carbocycles. The maximum atomic E-state index is 11.6. The van der Waals surface area contributed by atoms with Gasteiger partial charge in [-0.1, -0.05) is 6.92 Å². The number of nitrogens with one attached hydrogen (secondary N) is 1. The Bertz CT molecular complexity index is 302. The van der Waals surface area contributed by atoms with Crippen molar-refractivity contribution in [3.05, 3.63) is 0 Å². The van der Waals surface area contributed by atoms with Crippen molar-refractivity contribution in [2.75, 3.05) is 6.54 Å². The first-order valence-corrected chi connectivity index (χ1v) is 4.24. The van der Waals surface area contributed by atoms with Gasteiger partial charge in [-0.15, -0.1) is 0 Å². The zero-order valence-electron chi connectivity index (χ0n) is 7.99. The molecule has 0 radical (unpaired) electrons. The SMILES string of the molecule is CC[C@@]1(C)NC(=O)N(CC(=O)[O-])C1=O. The van der Waals surface area contributed by atoms with Crippen LogP contribution in [0.1, 0.15) is 20.3 Å². The van der Waals surface area contributed by atoms with Crippen molar-refractivity contribution >= 4 is 17.9 Å². The number of carboxylic acid groups (broad SMARTS) is 1. The van der Waals surface area contributed by atoms with E-state index in [1.165, 1.54) is 0 Å².